The summed E-state index contributed by atoms with van der Waals surface area (Å²) in [6.07, 6.45) is 0. The van der Waals surface area contributed by atoms with Crippen molar-refractivity contribution < 1.29 is 0 Å². The molecule has 2 N–H and O–H groups in total. The Morgan fingerprint density at radius 3 is 2.70 bits per heavy atom. The van der Waals surface area contributed by atoms with Crippen molar-refractivity contribution in [3.05, 3.63) is 64.4 Å². The molecule has 1 aromatic carbocycles. The van der Waals surface area contributed by atoms with E-state index < -0.39 is 0 Å². The fourth-order valence-corrected chi connectivity index (χ4v) is 3.79. The Kier molecular flexibility index (Phi) is 7.29. The van der Waals surface area contributed by atoms with Crippen molar-refractivity contribution in [1.82, 2.24) is 25.4 Å². The van der Waals surface area contributed by atoms with Crippen molar-refractivity contribution >= 4 is 29.1 Å². The highest BCUT2D eigenvalue weighted by atomic mass is 32.2. The number of thiophene rings is 1. The van der Waals surface area contributed by atoms with Crippen LogP contribution in [0.3, 0.4) is 0 Å². The van der Waals surface area contributed by atoms with Gasteiger partial charge in [-0.1, -0.05) is 24.3 Å². The summed E-state index contributed by atoms with van der Waals surface area (Å²) in [5, 5.41) is 17.2. The van der Waals surface area contributed by atoms with Crippen molar-refractivity contribution in [2.75, 3.05) is 12.3 Å². The smallest absolute Gasteiger partial charge is 0.192 e. The Morgan fingerprint density at radius 2 is 2.00 bits per heavy atom. The van der Waals surface area contributed by atoms with E-state index in [1.165, 1.54) is 9.77 Å². The standard InChI is InChI=1S/C19H24N6S2/c1-15-23-24-18(25(15)2)14-22-19(21-13-17-9-6-11-26-17)20-10-12-27-16-7-4-3-5-8-16/h3-9,11H,10,12-14H2,1-2H3,(H2,20,21,22). The van der Waals surface area contributed by atoms with E-state index in [2.05, 4.69) is 67.6 Å². The Balaban J connectivity index is 1.54. The molecule has 0 saturated carbocycles. The van der Waals surface area contributed by atoms with Gasteiger partial charge in [-0.05, 0) is 30.5 Å². The van der Waals surface area contributed by atoms with Gasteiger partial charge < -0.3 is 15.2 Å². The second kappa shape index (κ2) is 10.1. The fraction of sp³-hybridized carbons (Fsp3) is 0.316. The highest BCUT2D eigenvalue weighted by Gasteiger charge is 2.05. The average molecular weight is 401 g/mol. The molecule has 0 spiro atoms. The van der Waals surface area contributed by atoms with Crippen LogP contribution in [-0.2, 0) is 20.1 Å². The van der Waals surface area contributed by atoms with E-state index in [-0.39, 0.29) is 0 Å². The number of nitrogens with one attached hydrogen (secondary N) is 2. The topological polar surface area (TPSA) is 67.1 Å². The van der Waals surface area contributed by atoms with Gasteiger partial charge in [0.1, 0.15) is 12.4 Å². The SMILES string of the molecule is Cc1nnc(CN=C(NCCSc2ccccc2)NCc2cccs2)n1C. The van der Waals surface area contributed by atoms with Gasteiger partial charge in [-0.3, -0.25) is 0 Å². The number of aryl methyl sites for hydroxylation is 1. The Bertz CT molecular complexity index is 842. The van der Waals surface area contributed by atoms with Crippen LogP contribution in [0.4, 0.5) is 0 Å². The molecule has 0 aliphatic rings. The van der Waals surface area contributed by atoms with Gasteiger partial charge >= 0.3 is 0 Å². The minimum Gasteiger partial charge on any atom is -0.356 e. The van der Waals surface area contributed by atoms with E-state index in [4.69, 9.17) is 0 Å². The van der Waals surface area contributed by atoms with Crippen LogP contribution in [0.1, 0.15) is 16.5 Å². The summed E-state index contributed by atoms with van der Waals surface area (Å²) in [6.45, 7) is 4.01. The van der Waals surface area contributed by atoms with Gasteiger partial charge in [0.25, 0.3) is 0 Å². The first-order valence-electron chi connectivity index (χ1n) is 8.79. The summed E-state index contributed by atoms with van der Waals surface area (Å²) in [7, 11) is 1.96. The molecule has 0 amide bonds. The third-order valence-electron chi connectivity index (χ3n) is 3.98. The maximum Gasteiger partial charge on any atom is 0.192 e. The lowest BCUT2D eigenvalue weighted by molar-refractivity contribution is 0.758. The number of hydrogen-bond donors (Lipinski definition) is 2. The van der Waals surface area contributed by atoms with Gasteiger partial charge in [0.15, 0.2) is 11.8 Å². The average Bonchev–Trinajstić information content (AvgIpc) is 3.32. The number of hydrogen-bond acceptors (Lipinski definition) is 5. The van der Waals surface area contributed by atoms with Gasteiger partial charge in [0, 0.05) is 29.1 Å². The van der Waals surface area contributed by atoms with Gasteiger partial charge in [-0.2, -0.15) is 0 Å². The molecule has 3 aromatic rings. The molecule has 2 heterocycles. The normalized spacial score (nSPS) is 11.6. The molecular formula is C19H24N6S2. The second-order valence-electron chi connectivity index (χ2n) is 5.91. The van der Waals surface area contributed by atoms with Crippen LogP contribution in [0.15, 0.2) is 57.7 Å². The molecule has 2 aromatic heterocycles. The Morgan fingerprint density at radius 1 is 1.15 bits per heavy atom. The number of rotatable bonds is 8. The van der Waals surface area contributed by atoms with Crippen LogP contribution in [0.2, 0.25) is 0 Å². The van der Waals surface area contributed by atoms with Crippen LogP contribution in [0.5, 0.6) is 0 Å². The van der Waals surface area contributed by atoms with Crippen molar-refractivity contribution in [2.45, 2.75) is 24.9 Å². The molecule has 0 aliphatic carbocycles. The molecule has 0 bridgehead atoms. The fourth-order valence-electron chi connectivity index (χ4n) is 2.35. The highest BCUT2D eigenvalue weighted by Crippen LogP contribution is 2.15. The third kappa shape index (κ3) is 6.11. The van der Waals surface area contributed by atoms with Gasteiger partial charge in [0.05, 0.1) is 6.54 Å². The quantitative estimate of drug-likeness (QED) is 0.263. The third-order valence-corrected chi connectivity index (χ3v) is 5.87. The van der Waals surface area contributed by atoms with Gasteiger partial charge in [-0.25, -0.2) is 4.99 Å². The van der Waals surface area contributed by atoms with Gasteiger partial charge in [0.2, 0.25) is 0 Å². The zero-order chi connectivity index (χ0) is 18.9. The summed E-state index contributed by atoms with van der Waals surface area (Å²) < 4.78 is 1.96. The number of aromatic nitrogens is 3. The van der Waals surface area contributed by atoms with Crippen molar-refractivity contribution in [2.24, 2.45) is 12.0 Å². The monoisotopic (exact) mass is 400 g/mol. The number of nitrogens with zero attached hydrogens (tertiary/aromatic N) is 4. The molecule has 3 rings (SSSR count). The number of thioether (sulfide) groups is 1. The van der Waals surface area contributed by atoms with E-state index in [0.717, 1.165) is 36.5 Å². The summed E-state index contributed by atoms with van der Waals surface area (Å²) >= 11 is 3.56. The van der Waals surface area contributed by atoms with Gasteiger partial charge in [-0.15, -0.1) is 33.3 Å². The predicted molar refractivity (Wildman–Crippen MR) is 113 cm³/mol. The first kappa shape index (κ1) is 19.4. The summed E-state index contributed by atoms with van der Waals surface area (Å²) in [4.78, 5) is 7.23. The minimum atomic E-state index is 0.489. The van der Waals surface area contributed by atoms with Crippen molar-refractivity contribution in [3.63, 3.8) is 0 Å². The molecule has 142 valence electrons. The zero-order valence-corrected chi connectivity index (χ0v) is 17.2. The van der Waals surface area contributed by atoms with Crippen LogP contribution >= 0.6 is 23.1 Å². The highest BCUT2D eigenvalue weighted by molar-refractivity contribution is 7.99. The Labute approximate surface area is 168 Å². The van der Waals surface area contributed by atoms with E-state index in [0.29, 0.717) is 6.54 Å². The molecule has 0 fully saturated rings. The molecule has 27 heavy (non-hydrogen) atoms. The molecule has 8 heteroatoms. The lowest BCUT2D eigenvalue weighted by Crippen LogP contribution is -2.38. The van der Waals surface area contributed by atoms with E-state index >= 15 is 0 Å². The lowest BCUT2D eigenvalue weighted by Gasteiger charge is -2.12. The van der Waals surface area contributed by atoms with Crippen molar-refractivity contribution in [3.8, 4) is 0 Å². The van der Waals surface area contributed by atoms with Crippen LogP contribution in [0, 0.1) is 6.92 Å². The maximum atomic E-state index is 4.68. The number of benzene rings is 1. The zero-order valence-electron chi connectivity index (χ0n) is 15.6. The molecule has 0 saturated heterocycles. The van der Waals surface area contributed by atoms with Crippen LogP contribution < -0.4 is 10.6 Å². The summed E-state index contributed by atoms with van der Waals surface area (Å²) in [5.74, 6) is 3.49. The Hall–Kier alpha value is -2.32. The minimum absolute atomic E-state index is 0.489. The first-order chi connectivity index (χ1) is 13.2. The molecular weight excluding hydrogens is 376 g/mol. The maximum absolute atomic E-state index is 4.68. The summed E-state index contributed by atoms with van der Waals surface area (Å²) in [5.41, 5.74) is 0. The molecule has 0 unspecified atom stereocenters. The lowest BCUT2D eigenvalue weighted by atomic mass is 10.4. The van der Waals surface area contributed by atoms with Crippen molar-refractivity contribution in [1.29, 1.82) is 0 Å². The first-order valence-corrected chi connectivity index (χ1v) is 10.7. The number of aliphatic imine (C=N–C) groups is 1. The molecule has 0 radical (unpaired) electrons. The predicted octanol–water partition coefficient (Wildman–Crippen LogP) is 3.21. The second-order valence-corrected chi connectivity index (χ2v) is 8.11. The van der Waals surface area contributed by atoms with E-state index in [9.17, 15) is 0 Å². The largest absolute Gasteiger partial charge is 0.356 e. The van der Waals surface area contributed by atoms with E-state index in [1.54, 1.807) is 11.3 Å². The molecule has 6 nitrogen and oxygen atoms in total. The molecule has 0 aliphatic heterocycles. The van der Waals surface area contributed by atoms with Crippen LogP contribution in [0.25, 0.3) is 0 Å². The van der Waals surface area contributed by atoms with Crippen LogP contribution in [-0.4, -0.2) is 33.0 Å². The summed E-state index contributed by atoms with van der Waals surface area (Å²) in [6, 6.07) is 14.6. The molecule has 0 atom stereocenters. The number of guanidine groups is 1. The van der Waals surface area contributed by atoms with E-state index in [1.807, 2.05) is 36.4 Å².